The third-order valence-corrected chi connectivity index (χ3v) is 4.38. The molecule has 0 radical (unpaired) electrons. The summed E-state index contributed by atoms with van der Waals surface area (Å²) in [5.74, 6) is -0.358. The van der Waals surface area contributed by atoms with Crippen molar-refractivity contribution in [3.63, 3.8) is 0 Å². The van der Waals surface area contributed by atoms with Crippen LogP contribution in [-0.2, 0) is 4.79 Å². The zero-order valence-corrected chi connectivity index (χ0v) is 15.6. The summed E-state index contributed by atoms with van der Waals surface area (Å²) in [5, 5.41) is 16.8. The van der Waals surface area contributed by atoms with E-state index in [0.29, 0.717) is 6.61 Å². The van der Waals surface area contributed by atoms with E-state index in [4.69, 9.17) is 9.47 Å². The van der Waals surface area contributed by atoms with Gasteiger partial charge in [-0.05, 0) is 19.8 Å². The van der Waals surface area contributed by atoms with Crippen LogP contribution in [0.4, 0.5) is 5.69 Å². The fourth-order valence-corrected chi connectivity index (χ4v) is 3.06. The Labute approximate surface area is 157 Å². The number of nitrogens with zero attached hydrogens (tertiary/aromatic N) is 1. The van der Waals surface area contributed by atoms with Gasteiger partial charge in [-0.1, -0.05) is 12.8 Å². The first-order chi connectivity index (χ1) is 13.0. The molecule has 1 saturated carbocycles. The van der Waals surface area contributed by atoms with Crippen LogP contribution < -0.4 is 20.1 Å². The molecule has 0 heterocycles. The van der Waals surface area contributed by atoms with Gasteiger partial charge in [0.15, 0.2) is 11.5 Å². The minimum Gasteiger partial charge on any atom is -0.493 e. The van der Waals surface area contributed by atoms with Crippen molar-refractivity contribution in [1.29, 1.82) is 0 Å². The van der Waals surface area contributed by atoms with Crippen LogP contribution in [0.1, 0.15) is 49.4 Å². The third kappa shape index (κ3) is 5.57. The average molecular weight is 379 g/mol. The van der Waals surface area contributed by atoms with Crippen molar-refractivity contribution < 1.29 is 24.0 Å². The van der Waals surface area contributed by atoms with Crippen LogP contribution in [0.5, 0.6) is 11.5 Å². The van der Waals surface area contributed by atoms with E-state index in [1.54, 1.807) is 6.92 Å². The fourth-order valence-electron chi connectivity index (χ4n) is 3.06. The highest BCUT2D eigenvalue weighted by molar-refractivity contribution is 5.99. The molecule has 148 valence electrons. The number of amides is 2. The third-order valence-electron chi connectivity index (χ3n) is 4.38. The molecule has 0 aromatic heterocycles. The number of carbonyl (C=O) groups excluding carboxylic acids is 2. The van der Waals surface area contributed by atoms with Crippen LogP contribution in [-0.4, -0.2) is 43.0 Å². The number of nitro benzene ring substituents is 1. The maximum atomic E-state index is 12.4. The van der Waals surface area contributed by atoms with Gasteiger partial charge in [-0.25, -0.2) is 0 Å². The van der Waals surface area contributed by atoms with Gasteiger partial charge < -0.3 is 20.1 Å². The van der Waals surface area contributed by atoms with Gasteiger partial charge in [-0.3, -0.25) is 19.7 Å². The minimum absolute atomic E-state index is 0.0874. The van der Waals surface area contributed by atoms with Crippen LogP contribution in [0.25, 0.3) is 0 Å². The molecule has 0 saturated heterocycles. The molecular formula is C18H25N3O6. The molecule has 2 N–H and O–H groups in total. The lowest BCUT2D eigenvalue weighted by Crippen LogP contribution is -2.35. The zero-order valence-electron chi connectivity index (χ0n) is 15.6. The Bertz CT molecular complexity index is 701. The van der Waals surface area contributed by atoms with Gasteiger partial charge in [0, 0.05) is 25.1 Å². The summed E-state index contributed by atoms with van der Waals surface area (Å²) in [4.78, 5) is 35.0. The van der Waals surface area contributed by atoms with Crippen molar-refractivity contribution >= 4 is 17.5 Å². The highest BCUT2D eigenvalue weighted by Gasteiger charge is 2.25. The number of ether oxygens (including phenoxy) is 2. The molecule has 2 amide bonds. The van der Waals surface area contributed by atoms with E-state index in [9.17, 15) is 19.7 Å². The minimum atomic E-state index is -0.649. The summed E-state index contributed by atoms with van der Waals surface area (Å²) in [6.07, 6.45) is 4.31. The Balaban J connectivity index is 2.01. The van der Waals surface area contributed by atoms with Crippen molar-refractivity contribution in [3.05, 3.63) is 27.8 Å². The van der Waals surface area contributed by atoms with Gasteiger partial charge in [-0.2, -0.15) is 0 Å². The number of hydrogen-bond donors (Lipinski definition) is 2. The normalized spacial score (nSPS) is 13.9. The van der Waals surface area contributed by atoms with Gasteiger partial charge in [0.25, 0.3) is 11.6 Å². The second-order valence-corrected chi connectivity index (χ2v) is 6.27. The predicted octanol–water partition coefficient (Wildman–Crippen LogP) is 2.18. The predicted molar refractivity (Wildman–Crippen MR) is 98.2 cm³/mol. The zero-order chi connectivity index (χ0) is 19.8. The quantitative estimate of drug-likeness (QED) is 0.501. The number of rotatable bonds is 9. The summed E-state index contributed by atoms with van der Waals surface area (Å²) in [6, 6.07) is 2.66. The Kier molecular flexibility index (Phi) is 7.39. The van der Waals surface area contributed by atoms with E-state index < -0.39 is 10.8 Å². The Morgan fingerprint density at radius 2 is 1.96 bits per heavy atom. The van der Waals surface area contributed by atoms with Gasteiger partial charge in [-0.15, -0.1) is 0 Å². The largest absolute Gasteiger partial charge is 0.493 e. The van der Waals surface area contributed by atoms with Crippen LogP contribution in [0.15, 0.2) is 12.1 Å². The first-order valence-electron chi connectivity index (χ1n) is 9.03. The average Bonchev–Trinajstić information content (AvgIpc) is 3.14. The standard InChI is InChI=1S/C18H25N3O6/c1-3-27-16-11-14(21(24)25)13(10-15(16)26-2)18(23)19-9-8-17(22)20-12-6-4-5-7-12/h10-12H,3-9H2,1-2H3,(H,19,23)(H,20,22). The number of methoxy groups -OCH3 is 1. The molecule has 1 fully saturated rings. The van der Waals surface area contributed by atoms with Gasteiger partial charge in [0.1, 0.15) is 5.56 Å². The molecule has 0 aliphatic heterocycles. The summed E-state index contributed by atoms with van der Waals surface area (Å²) in [5.41, 5.74) is -0.524. The van der Waals surface area contributed by atoms with E-state index in [1.165, 1.54) is 19.2 Å². The molecule has 0 atom stereocenters. The second kappa shape index (κ2) is 9.75. The SMILES string of the molecule is CCOc1cc([N+](=O)[O-])c(C(=O)NCCC(=O)NC2CCCC2)cc1OC. The lowest BCUT2D eigenvalue weighted by molar-refractivity contribution is -0.385. The Morgan fingerprint density at radius 3 is 2.56 bits per heavy atom. The highest BCUT2D eigenvalue weighted by Crippen LogP contribution is 2.34. The molecule has 0 unspecified atom stereocenters. The number of hydrogen-bond acceptors (Lipinski definition) is 6. The van der Waals surface area contributed by atoms with Gasteiger partial charge in [0.2, 0.25) is 5.91 Å². The first-order valence-corrected chi connectivity index (χ1v) is 9.03. The molecule has 9 heteroatoms. The van der Waals surface area contributed by atoms with E-state index in [2.05, 4.69) is 10.6 Å². The number of nitro groups is 1. The van der Waals surface area contributed by atoms with Gasteiger partial charge in [0.05, 0.1) is 24.7 Å². The maximum absolute atomic E-state index is 12.4. The first kappa shape index (κ1) is 20.5. The summed E-state index contributed by atoms with van der Waals surface area (Å²) in [7, 11) is 1.39. The van der Waals surface area contributed by atoms with Crippen LogP contribution in [0.2, 0.25) is 0 Å². The second-order valence-electron chi connectivity index (χ2n) is 6.27. The van der Waals surface area contributed by atoms with Crippen molar-refractivity contribution in [2.45, 2.75) is 45.1 Å². The molecular weight excluding hydrogens is 354 g/mol. The molecule has 0 bridgehead atoms. The maximum Gasteiger partial charge on any atom is 0.286 e. The Hall–Kier alpha value is -2.84. The highest BCUT2D eigenvalue weighted by atomic mass is 16.6. The smallest absolute Gasteiger partial charge is 0.286 e. The fraction of sp³-hybridized carbons (Fsp3) is 0.556. The van der Waals surface area contributed by atoms with Crippen molar-refractivity contribution in [3.8, 4) is 11.5 Å². The molecule has 2 rings (SSSR count). The number of benzene rings is 1. The van der Waals surface area contributed by atoms with Crippen molar-refractivity contribution in [2.75, 3.05) is 20.3 Å². The monoisotopic (exact) mass is 379 g/mol. The van der Waals surface area contributed by atoms with E-state index in [1.807, 2.05) is 0 Å². The lowest BCUT2D eigenvalue weighted by Gasteiger charge is -2.13. The van der Waals surface area contributed by atoms with E-state index >= 15 is 0 Å². The van der Waals surface area contributed by atoms with Crippen LogP contribution >= 0.6 is 0 Å². The Morgan fingerprint density at radius 1 is 1.26 bits per heavy atom. The molecule has 9 nitrogen and oxygen atoms in total. The molecule has 1 aliphatic carbocycles. The lowest BCUT2D eigenvalue weighted by atomic mass is 10.1. The summed E-state index contributed by atoms with van der Waals surface area (Å²) >= 11 is 0. The topological polar surface area (TPSA) is 120 Å². The van der Waals surface area contributed by atoms with E-state index in [0.717, 1.165) is 25.7 Å². The summed E-state index contributed by atoms with van der Waals surface area (Å²) in [6.45, 7) is 2.13. The molecule has 0 spiro atoms. The van der Waals surface area contributed by atoms with Crippen molar-refractivity contribution in [2.24, 2.45) is 0 Å². The van der Waals surface area contributed by atoms with Gasteiger partial charge >= 0.3 is 0 Å². The van der Waals surface area contributed by atoms with Crippen LogP contribution in [0.3, 0.4) is 0 Å². The molecule has 1 aromatic carbocycles. The summed E-state index contributed by atoms with van der Waals surface area (Å²) < 4.78 is 10.5. The molecule has 27 heavy (non-hydrogen) atoms. The van der Waals surface area contributed by atoms with E-state index in [-0.39, 0.29) is 47.7 Å². The van der Waals surface area contributed by atoms with Crippen molar-refractivity contribution in [1.82, 2.24) is 10.6 Å². The number of nitrogens with one attached hydrogen (secondary N) is 2. The molecule has 1 aromatic rings. The van der Waals surface area contributed by atoms with Crippen LogP contribution in [0, 0.1) is 10.1 Å². The number of carbonyl (C=O) groups is 2. The molecule has 1 aliphatic rings.